The molecule has 0 fully saturated rings. The molecule has 0 spiro atoms. The highest BCUT2D eigenvalue weighted by Crippen LogP contribution is 2.36. The van der Waals surface area contributed by atoms with E-state index >= 15 is 0 Å². The average Bonchev–Trinajstić information content (AvgIpc) is 2.86. The van der Waals surface area contributed by atoms with Crippen LogP contribution >= 0.6 is 0 Å². The fourth-order valence-electron chi connectivity index (χ4n) is 3.46. The van der Waals surface area contributed by atoms with Crippen molar-refractivity contribution in [1.82, 2.24) is 9.97 Å². The summed E-state index contributed by atoms with van der Waals surface area (Å²) >= 11 is 0. The van der Waals surface area contributed by atoms with Crippen LogP contribution in [0.5, 0.6) is 11.5 Å². The number of rotatable bonds is 11. The number of unbranched alkanes of at least 4 members (excludes halogenated alkanes) is 1. The summed E-state index contributed by atoms with van der Waals surface area (Å²) in [5, 5.41) is 3.30. The maximum absolute atomic E-state index is 13.0. The van der Waals surface area contributed by atoms with Gasteiger partial charge in [-0.05, 0) is 44.9 Å². The lowest BCUT2D eigenvalue weighted by atomic mass is 10.0. The minimum atomic E-state index is -3.85. The number of nitrogens with one attached hydrogen (secondary N) is 2. The SMILES string of the molecule is CC=CC=C(C)S(=O)(=O)Nc1nc2ccccc2nc1Nc1cc(OC)cc(OC)c1CCCC. The summed E-state index contributed by atoms with van der Waals surface area (Å²) in [4.78, 5) is 9.42. The number of fused-ring (bicyclic) bond motifs is 1. The van der Waals surface area contributed by atoms with E-state index in [0.717, 1.165) is 24.8 Å². The fourth-order valence-corrected chi connectivity index (χ4v) is 4.27. The Bertz CT molecular complexity index is 1350. The molecule has 0 aliphatic carbocycles. The lowest BCUT2D eigenvalue weighted by Gasteiger charge is -2.19. The van der Waals surface area contributed by atoms with E-state index in [1.165, 1.54) is 13.0 Å². The number of nitrogens with zero attached hydrogens (tertiary/aromatic N) is 2. The van der Waals surface area contributed by atoms with E-state index < -0.39 is 10.0 Å². The Hall–Kier alpha value is -3.59. The summed E-state index contributed by atoms with van der Waals surface area (Å²) in [5.74, 6) is 1.66. The maximum Gasteiger partial charge on any atom is 0.259 e. The molecule has 0 unspecified atom stereocenters. The van der Waals surface area contributed by atoms with Crippen molar-refractivity contribution in [2.45, 2.75) is 40.0 Å². The van der Waals surface area contributed by atoms with Gasteiger partial charge >= 0.3 is 0 Å². The van der Waals surface area contributed by atoms with Crippen molar-refractivity contribution in [1.29, 1.82) is 0 Å². The molecule has 0 aliphatic rings. The van der Waals surface area contributed by atoms with E-state index in [4.69, 9.17) is 14.5 Å². The van der Waals surface area contributed by atoms with Gasteiger partial charge in [-0.1, -0.05) is 37.6 Å². The summed E-state index contributed by atoms with van der Waals surface area (Å²) < 4.78 is 39.7. The number of hydrogen-bond acceptors (Lipinski definition) is 7. The number of aromatic nitrogens is 2. The van der Waals surface area contributed by atoms with Gasteiger partial charge in [-0.3, -0.25) is 4.72 Å². The molecule has 2 aromatic carbocycles. The van der Waals surface area contributed by atoms with Crippen LogP contribution in [0.25, 0.3) is 11.0 Å². The molecule has 0 aliphatic heterocycles. The van der Waals surface area contributed by atoms with Gasteiger partial charge in [-0.15, -0.1) is 0 Å². The fraction of sp³-hybridized carbons (Fsp3) is 0.308. The van der Waals surface area contributed by atoms with Gasteiger partial charge in [0.25, 0.3) is 10.0 Å². The van der Waals surface area contributed by atoms with E-state index in [2.05, 4.69) is 21.9 Å². The molecule has 0 radical (unpaired) electrons. The maximum atomic E-state index is 13.0. The molecule has 2 N–H and O–H groups in total. The minimum absolute atomic E-state index is 0.0974. The lowest BCUT2D eigenvalue weighted by molar-refractivity contribution is 0.391. The van der Waals surface area contributed by atoms with Gasteiger partial charge in [0.1, 0.15) is 11.5 Å². The van der Waals surface area contributed by atoms with Crippen LogP contribution in [-0.2, 0) is 16.4 Å². The third kappa shape index (κ3) is 6.30. The van der Waals surface area contributed by atoms with E-state index in [-0.39, 0.29) is 16.5 Å². The number of hydrogen-bond donors (Lipinski definition) is 2. The minimum Gasteiger partial charge on any atom is -0.497 e. The summed E-state index contributed by atoms with van der Waals surface area (Å²) in [6.07, 6.45) is 7.68. The van der Waals surface area contributed by atoms with Crippen molar-refractivity contribution in [2.24, 2.45) is 0 Å². The van der Waals surface area contributed by atoms with Crippen LogP contribution in [0.4, 0.5) is 17.3 Å². The topological polar surface area (TPSA) is 102 Å². The third-order valence-electron chi connectivity index (χ3n) is 5.42. The number of benzene rings is 2. The van der Waals surface area contributed by atoms with Crippen LogP contribution < -0.4 is 19.5 Å². The van der Waals surface area contributed by atoms with Crippen molar-refractivity contribution in [3.63, 3.8) is 0 Å². The highest BCUT2D eigenvalue weighted by molar-refractivity contribution is 7.96. The predicted molar refractivity (Wildman–Crippen MR) is 142 cm³/mol. The first-order valence-corrected chi connectivity index (χ1v) is 12.9. The average molecular weight is 497 g/mol. The molecular weight excluding hydrogens is 464 g/mol. The van der Waals surface area contributed by atoms with Gasteiger partial charge in [0.2, 0.25) is 0 Å². The van der Waals surface area contributed by atoms with Crippen LogP contribution in [-0.4, -0.2) is 32.6 Å². The van der Waals surface area contributed by atoms with Gasteiger partial charge in [0.05, 0.1) is 35.8 Å². The molecule has 186 valence electrons. The highest BCUT2D eigenvalue weighted by atomic mass is 32.2. The standard InChI is InChI=1S/C26H32N4O4S/c1-6-8-12-18(3)35(31,32)30-26-25(27-21-14-10-11-15-22(21)28-26)29-23-16-19(33-4)17-24(34-5)20(23)13-9-7-2/h6,8,10-12,14-17H,7,9,13H2,1-5H3,(H,27,29)(H,28,30). The molecule has 35 heavy (non-hydrogen) atoms. The zero-order valence-corrected chi connectivity index (χ0v) is 21.6. The Morgan fingerprint density at radius 2 is 1.74 bits per heavy atom. The van der Waals surface area contributed by atoms with E-state index in [0.29, 0.717) is 28.2 Å². The zero-order valence-electron chi connectivity index (χ0n) is 20.8. The van der Waals surface area contributed by atoms with Crippen molar-refractivity contribution in [3.05, 3.63) is 65.1 Å². The first kappa shape index (κ1) is 26.0. The normalized spacial score (nSPS) is 12.2. The molecule has 9 heteroatoms. The number of ether oxygens (including phenoxy) is 2. The van der Waals surface area contributed by atoms with Gasteiger partial charge < -0.3 is 14.8 Å². The number of allylic oxidation sites excluding steroid dienone is 4. The molecule has 0 saturated carbocycles. The largest absolute Gasteiger partial charge is 0.497 e. The van der Waals surface area contributed by atoms with Crippen LogP contribution in [0.1, 0.15) is 39.2 Å². The summed E-state index contributed by atoms with van der Waals surface area (Å²) in [6, 6.07) is 11.0. The molecule has 3 aromatic rings. The van der Waals surface area contributed by atoms with E-state index in [1.54, 1.807) is 32.4 Å². The molecule has 0 amide bonds. The molecule has 0 saturated heterocycles. The second kappa shape index (κ2) is 11.7. The summed E-state index contributed by atoms with van der Waals surface area (Å²) in [6.45, 7) is 5.47. The smallest absolute Gasteiger partial charge is 0.259 e. The van der Waals surface area contributed by atoms with Gasteiger partial charge in [0, 0.05) is 17.7 Å². The van der Waals surface area contributed by atoms with E-state index in [1.807, 2.05) is 37.3 Å². The van der Waals surface area contributed by atoms with E-state index in [9.17, 15) is 8.42 Å². The number of anilines is 3. The quantitative estimate of drug-likeness (QED) is 0.316. The van der Waals surface area contributed by atoms with Crippen LogP contribution in [0.2, 0.25) is 0 Å². The number of methoxy groups -OCH3 is 2. The van der Waals surface area contributed by atoms with Crippen molar-refractivity contribution in [3.8, 4) is 11.5 Å². The molecule has 8 nitrogen and oxygen atoms in total. The predicted octanol–water partition coefficient (Wildman–Crippen LogP) is 5.95. The summed E-state index contributed by atoms with van der Waals surface area (Å²) in [5.41, 5.74) is 2.85. The zero-order chi connectivity index (χ0) is 25.4. The van der Waals surface area contributed by atoms with Crippen molar-refractivity contribution >= 4 is 38.4 Å². The van der Waals surface area contributed by atoms with Crippen LogP contribution in [0.15, 0.2) is 59.5 Å². The Morgan fingerprint density at radius 1 is 1.06 bits per heavy atom. The molecule has 1 aromatic heterocycles. The Balaban J connectivity index is 2.15. The van der Waals surface area contributed by atoms with Crippen molar-refractivity contribution < 1.29 is 17.9 Å². The molecule has 3 rings (SSSR count). The molecule has 0 atom stereocenters. The van der Waals surface area contributed by atoms with Gasteiger partial charge in [0.15, 0.2) is 11.6 Å². The summed E-state index contributed by atoms with van der Waals surface area (Å²) in [7, 11) is -0.654. The first-order chi connectivity index (χ1) is 16.8. The Kier molecular flexibility index (Phi) is 8.70. The molecule has 1 heterocycles. The Labute approximate surface area is 207 Å². The number of sulfonamides is 1. The monoisotopic (exact) mass is 496 g/mol. The highest BCUT2D eigenvalue weighted by Gasteiger charge is 2.20. The van der Waals surface area contributed by atoms with Crippen LogP contribution in [0.3, 0.4) is 0 Å². The second-order valence-corrected chi connectivity index (χ2v) is 9.76. The second-order valence-electron chi connectivity index (χ2n) is 7.90. The third-order valence-corrected chi connectivity index (χ3v) is 6.87. The number of para-hydroxylation sites is 2. The van der Waals surface area contributed by atoms with Gasteiger partial charge in [-0.25, -0.2) is 18.4 Å². The van der Waals surface area contributed by atoms with Crippen molar-refractivity contribution in [2.75, 3.05) is 24.3 Å². The van der Waals surface area contributed by atoms with Gasteiger partial charge in [-0.2, -0.15) is 0 Å². The molecule has 0 bridgehead atoms. The van der Waals surface area contributed by atoms with Crippen LogP contribution in [0, 0.1) is 0 Å². The first-order valence-electron chi connectivity index (χ1n) is 11.4. The Morgan fingerprint density at radius 3 is 2.34 bits per heavy atom. The lowest BCUT2D eigenvalue weighted by Crippen LogP contribution is -2.16. The molecular formula is C26H32N4O4S.